The summed E-state index contributed by atoms with van der Waals surface area (Å²) >= 11 is 0. The van der Waals surface area contributed by atoms with Crippen LogP contribution in [0.5, 0.6) is 0 Å². The van der Waals surface area contributed by atoms with Crippen LogP contribution in [-0.2, 0) is 11.3 Å². The van der Waals surface area contributed by atoms with Crippen molar-refractivity contribution >= 4 is 5.97 Å². The molecule has 0 N–H and O–H groups in total. The summed E-state index contributed by atoms with van der Waals surface area (Å²) in [5.41, 5.74) is 0.542. The van der Waals surface area contributed by atoms with E-state index in [1.165, 1.54) is 32.8 Å². The van der Waals surface area contributed by atoms with Gasteiger partial charge in [-0.15, -0.1) is 0 Å². The monoisotopic (exact) mass is 265 g/mol. The van der Waals surface area contributed by atoms with Gasteiger partial charge in [0.1, 0.15) is 17.1 Å². The second kappa shape index (κ2) is 6.24. The van der Waals surface area contributed by atoms with E-state index in [0.29, 0.717) is 17.4 Å². The van der Waals surface area contributed by atoms with Gasteiger partial charge in [0.05, 0.1) is 13.7 Å². The SMILES string of the molecule is CCN(Cc1cc(C(=O)OC)c(C)o1)C1CCCC1. The molecule has 19 heavy (non-hydrogen) atoms. The maximum Gasteiger partial charge on any atom is 0.341 e. The lowest BCUT2D eigenvalue weighted by Crippen LogP contribution is -2.32. The van der Waals surface area contributed by atoms with Gasteiger partial charge < -0.3 is 9.15 Å². The highest BCUT2D eigenvalue weighted by molar-refractivity contribution is 5.90. The van der Waals surface area contributed by atoms with Crippen LogP contribution < -0.4 is 0 Å². The number of aryl methyl sites for hydroxylation is 1. The first kappa shape index (κ1) is 14.1. The quantitative estimate of drug-likeness (QED) is 0.767. The van der Waals surface area contributed by atoms with E-state index in [1.54, 1.807) is 0 Å². The fourth-order valence-electron chi connectivity index (χ4n) is 2.90. The van der Waals surface area contributed by atoms with Crippen LogP contribution in [0.4, 0.5) is 0 Å². The summed E-state index contributed by atoms with van der Waals surface area (Å²) in [6, 6.07) is 2.48. The number of furan rings is 1. The first-order valence-electron chi connectivity index (χ1n) is 7.07. The van der Waals surface area contributed by atoms with Gasteiger partial charge >= 0.3 is 5.97 Å². The lowest BCUT2D eigenvalue weighted by molar-refractivity contribution is 0.0599. The number of rotatable bonds is 5. The molecule has 0 amide bonds. The molecule has 1 heterocycles. The van der Waals surface area contributed by atoms with Crippen molar-refractivity contribution in [2.24, 2.45) is 0 Å². The summed E-state index contributed by atoms with van der Waals surface area (Å²) in [6.07, 6.45) is 5.20. The van der Waals surface area contributed by atoms with Gasteiger partial charge in [0.25, 0.3) is 0 Å². The Morgan fingerprint density at radius 1 is 1.47 bits per heavy atom. The normalized spacial score (nSPS) is 16.2. The molecule has 1 fully saturated rings. The summed E-state index contributed by atoms with van der Waals surface area (Å²) in [4.78, 5) is 14.0. The molecule has 1 aromatic heterocycles. The fraction of sp³-hybridized carbons (Fsp3) is 0.667. The zero-order valence-corrected chi connectivity index (χ0v) is 12.1. The molecule has 2 rings (SSSR count). The van der Waals surface area contributed by atoms with Crippen LogP contribution >= 0.6 is 0 Å². The van der Waals surface area contributed by atoms with Gasteiger partial charge in [0.2, 0.25) is 0 Å². The van der Waals surface area contributed by atoms with Gasteiger partial charge in [-0.25, -0.2) is 4.79 Å². The third kappa shape index (κ3) is 3.18. The average Bonchev–Trinajstić information content (AvgIpc) is 3.04. The number of carbonyl (C=O) groups is 1. The lowest BCUT2D eigenvalue weighted by atomic mass is 10.2. The number of carbonyl (C=O) groups excluding carboxylic acids is 1. The molecule has 1 aromatic rings. The zero-order chi connectivity index (χ0) is 13.8. The molecule has 1 aliphatic carbocycles. The Kier molecular flexibility index (Phi) is 4.64. The van der Waals surface area contributed by atoms with Crippen LogP contribution in [0.2, 0.25) is 0 Å². The van der Waals surface area contributed by atoms with Crippen LogP contribution in [0.15, 0.2) is 10.5 Å². The van der Waals surface area contributed by atoms with E-state index in [1.807, 2.05) is 13.0 Å². The van der Waals surface area contributed by atoms with Crippen LogP contribution in [0.3, 0.4) is 0 Å². The van der Waals surface area contributed by atoms with Crippen molar-refractivity contribution in [3.05, 3.63) is 23.2 Å². The third-order valence-electron chi connectivity index (χ3n) is 3.98. The van der Waals surface area contributed by atoms with Gasteiger partial charge in [-0.1, -0.05) is 19.8 Å². The number of ether oxygens (including phenoxy) is 1. The molecule has 4 heteroatoms. The van der Waals surface area contributed by atoms with Crippen LogP contribution in [0.1, 0.15) is 54.5 Å². The molecule has 0 atom stereocenters. The molecule has 0 bridgehead atoms. The minimum Gasteiger partial charge on any atom is -0.465 e. The predicted octanol–water partition coefficient (Wildman–Crippen LogP) is 3.14. The van der Waals surface area contributed by atoms with Crippen molar-refractivity contribution < 1.29 is 13.9 Å². The Morgan fingerprint density at radius 3 is 2.74 bits per heavy atom. The molecule has 106 valence electrons. The van der Waals surface area contributed by atoms with Crippen molar-refractivity contribution in [2.75, 3.05) is 13.7 Å². The Labute approximate surface area is 114 Å². The topological polar surface area (TPSA) is 42.7 Å². The standard InChI is InChI=1S/C15H23NO3/c1-4-16(12-7-5-6-8-12)10-13-9-14(11(2)19-13)15(17)18-3/h9,12H,4-8,10H2,1-3H3. The van der Waals surface area contributed by atoms with E-state index in [4.69, 9.17) is 9.15 Å². The summed E-state index contributed by atoms with van der Waals surface area (Å²) in [7, 11) is 1.39. The number of hydrogen-bond donors (Lipinski definition) is 0. The second-order valence-corrected chi connectivity index (χ2v) is 5.18. The third-order valence-corrected chi connectivity index (χ3v) is 3.98. The van der Waals surface area contributed by atoms with E-state index in [9.17, 15) is 4.79 Å². The Bertz CT molecular complexity index is 433. The molecule has 0 aromatic carbocycles. The van der Waals surface area contributed by atoms with Crippen LogP contribution in [0.25, 0.3) is 0 Å². The maximum atomic E-state index is 11.6. The lowest BCUT2D eigenvalue weighted by Gasteiger charge is -2.26. The molecule has 0 saturated heterocycles. The molecule has 0 aliphatic heterocycles. The zero-order valence-electron chi connectivity index (χ0n) is 12.1. The molecular formula is C15H23NO3. The molecule has 0 radical (unpaired) electrons. The van der Waals surface area contributed by atoms with Crippen LogP contribution in [-0.4, -0.2) is 30.6 Å². The average molecular weight is 265 g/mol. The highest BCUT2D eigenvalue weighted by Gasteiger charge is 2.23. The van der Waals surface area contributed by atoms with E-state index < -0.39 is 0 Å². The predicted molar refractivity (Wildman–Crippen MR) is 73.1 cm³/mol. The van der Waals surface area contributed by atoms with Gasteiger partial charge in [-0.3, -0.25) is 4.90 Å². The molecule has 1 aliphatic rings. The highest BCUT2D eigenvalue weighted by atomic mass is 16.5. The number of esters is 1. The minimum atomic E-state index is -0.323. The molecule has 0 unspecified atom stereocenters. The van der Waals surface area contributed by atoms with Crippen molar-refractivity contribution in [3.63, 3.8) is 0 Å². The van der Waals surface area contributed by atoms with Crippen molar-refractivity contribution in [3.8, 4) is 0 Å². The summed E-state index contributed by atoms with van der Waals surface area (Å²) in [6.45, 7) is 5.77. The molecular weight excluding hydrogens is 242 g/mol. The molecule has 0 spiro atoms. The first-order chi connectivity index (χ1) is 9.15. The summed E-state index contributed by atoms with van der Waals surface area (Å²) < 4.78 is 10.4. The largest absolute Gasteiger partial charge is 0.465 e. The smallest absolute Gasteiger partial charge is 0.341 e. The Hall–Kier alpha value is -1.29. The van der Waals surface area contributed by atoms with Crippen molar-refractivity contribution in [1.29, 1.82) is 0 Å². The Balaban J connectivity index is 2.07. The van der Waals surface area contributed by atoms with Gasteiger partial charge in [-0.05, 0) is 32.4 Å². The first-order valence-corrected chi connectivity index (χ1v) is 7.07. The highest BCUT2D eigenvalue weighted by Crippen LogP contribution is 2.26. The van der Waals surface area contributed by atoms with Crippen molar-refractivity contribution in [2.45, 2.75) is 52.1 Å². The van der Waals surface area contributed by atoms with E-state index in [0.717, 1.165) is 18.8 Å². The number of hydrogen-bond acceptors (Lipinski definition) is 4. The summed E-state index contributed by atoms with van der Waals surface area (Å²) in [5.74, 6) is 1.17. The van der Waals surface area contributed by atoms with E-state index >= 15 is 0 Å². The van der Waals surface area contributed by atoms with Crippen LogP contribution in [0, 0.1) is 6.92 Å². The van der Waals surface area contributed by atoms with E-state index in [-0.39, 0.29) is 5.97 Å². The summed E-state index contributed by atoms with van der Waals surface area (Å²) in [5, 5.41) is 0. The number of nitrogens with zero attached hydrogens (tertiary/aromatic N) is 1. The van der Waals surface area contributed by atoms with Gasteiger partial charge in [0.15, 0.2) is 0 Å². The number of methoxy groups -OCH3 is 1. The van der Waals surface area contributed by atoms with Gasteiger partial charge in [0, 0.05) is 6.04 Å². The molecule has 1 saturated carbocycles. The fourth-order valence-corrected chi connectivity index (χ4v) is 2.90. The van der Waals surface area contributed by atoms with E-state index in [2.05, 4.69) is 11.8 Å². The Morgan fingerprint density at radius 2 is 2.16 bits per heavy atom. The minimum absolute atomic E-state index is 0.323. The molecule has 4 nitrogen and oxygen atoms in total. The van der Waals surface area contributed by atoms with Crippen molar-refractivity contribution in [1.82, 2.24) is 4.90 Å². The second-order valence-electron chi connectivity index (χ2n) is 5.18. The van der Waals surface area contributed by atoms with Gasteiger partial charge in [-0.2, -0.15) is 0 Å². The maximum absolute atomic E-state index is 11.6.